The van der Waals surface area contributed by atoms with Crippen molar-refractivity contribution in [2.45, 2.75) is 6.92 Å². The van der Waals surface area contributed by atoms with Gasteiger partial charge in [0, 0.05) is 0 Å². The molecule has 0 N–H and O–H groups in total. The van der Waals surface area contributed by atoms with Gasteiger partial charge in [0.15, 0.2) is 0 Å². The van der Waals surface area contributed by atoms with Crippen LogP contribution in [0.25, 0.3) is 0 Å². The summed E-state index contributed by atoms with van der Waals surface area (Å²) < 4.78 is 0. The third kappa shape index (κ3) is 3.42. The van der Waals surface area contributed by atoms with Crippen molar-refractivity contribution in [3.63, 3.8) is 0 Å². The SMILES string of the molecule is CC=CC=CP(c1ccccc1)c1ccccc1. The molecule has 0 heterocycles. The van der Waals surface area contributed by atoms with E-state index in [0.717, 1.165) is 0 Å². The second kappa shape index (κ2) is 6.93. The van der Waals surface area contributed by atoms with Crippen molar-refractivity contribution >= 4 is 18.5 Å². The van der Waals surface area contributed by atoms with Gasteiger partial charge in [0.25, 0.3) is 0 Å². The molecule has 2 aromatic rings. The van der Waals surface area contributed by atoms with Crippen LogP contribution in [0.15, 0.2) is 84.7 Å². The number of rotatable bonds is 4. The Labute approximate surface area is 110 Å². The summed E-state index contributed by atoms with van der Waals surface area (Å²) in [5.74, 6) is 2.31. The molecule has 0 bridgehead atoms. The lowest BCUT2D eigenvalue weighted by molar-refractivity contribution is 1.73. The largest absolute Gasteiger partial charge is 0.0877 e. The molecule has 0 aliphatic heterocycles. The summed E-state index contributed by atoms with van der Waals surface area (Å²) in [7, 11) is -0.394. The first kappa shape index (κ1) is 12.8. The highest BCUT2D eigenvalue weighted by atomic mass is 31.1. The van der Waals surface area contributed by atoms with Gasteiger partial charge in [-0.3, -0.25) is 0 Å². The monoisotopic (exact) mass is 252 g/mol. The van der Waals surface area contributed by atoms with Crippen molar-refractivity contribution in [2.24, 2.45) is 0 Å². The van der Waals surface area contributed by atoms with Gasteiger partial charge in [-0.05, 0) is 25.5 Å². The minimum Gasteiger partial charge on any atom is -0.0877 e. The van der Waals surface area contributed by atoms with Crippen molar-refractivity contribution in [1.29, 1.82) is 0 Å². The molecule has 0 aromatic heterocycles. The van der Waals surface area contributed by atoms with Gasteiger partial charge in [0.05, 0.1) is 0 Å². The molecule has 2 aromatic carbocycles. The van der Waals surface area contributed by atoms with Crippen LogP contribution in [-0.4, -0.2) is 0 Å². The Morgan fingerprint density at radius 3 is 1.67 bits per heavy atom. The Morgan fingerprint density at radius 1 is 0.722 bits per heavy atom. The molecule has 18 heavy (non-hydrogen) atoms. The van der Waals surface area contributed by atoms with Crippen LogP contribution in [0.2, 0.25) is 0 Å². The second-order valence-corrected chi connectivity index (χ2v) is 5.98. The van der Waals surface area contributed by atoms with Crippen LogP contribution in [0, 0.1) is 0 Å². The number of hydrogen-bond acceptors (Lipinski definition) is 0. The zero-order chi connectivity index (χ0) is 12.6. The van der Waals surface area contributed by atoms with Crippen molar-refractivity contribution in [1.82, 2.24) is 0 Å². The van der Waals surface area contributed by atoms with Crippen LogP contribution < -0.4 is 10.6 Å². The fourth-order valence-electron chi connectivity index (χ4n) is 1.75. The minimum absolute atomic E-state index is 0.394. The summed E-state index contributed by atoms with van der Waals surface area (Å²) in [5.41, 5.74) is 0. The molecule has 0 saturated carbocycles. The molecule has 0 aliphatic carbocycles. The van der Waals surface area contributed by atoms with Gasteiger partial charge in [-0.15, -0.1) is 0 Å². The molecule has 0 saturated heterocycles. The van der Waals surface area contributed by atoms with Crippen molar-refractivity contribution in [2.75, 3.05) is 0 Å². The summed E-state index contributed by atoms with van der Waals surface area (Å²) in [6.45, 7) is 2.04. The summed E-state index contributed by atoms with van der Waals surface area (Å²) in [6.07, 6.45) is 6.28. The molecule has 1 heteroatoms. The van der Waals surface area contributed by atoms with Crippen LogP contribution in [0.5, 0.6) is 0 Å². The molecule has 0 radical (unpaired) electrons. The lowest BCUT2D eigenvalue weighted by atomic mass is 10.4. The van der Waals surface area contributed by atoms with Crippen molar-refractivity contribution in [3.05, 3.63) is 84.7 Å². The van der Waals surface area contributed by atoms with E-state index in [1.165, 1.54) is 10.6 Å². The highest BCUT2D eigenvalue weighted by molar-refractivity contribution is 7.75. The zero-order valence-electron chi connectivity index (χ0n) is 10.5. The maximum Gasteiger partial charge on any atom is -0.0157 e. The standard InChI is InChI=1S/C17H17P/c1-2-3-10-15-18(16-11-6-4-7-12-16)17-13-8-5-9-14-17/h2-15H,1H3. The van der Waals surface area contributed by atoms with Gasteiger partial charge in [-0.1, -0.05) is 84.7 Å². The molecule has 0 fully saturated rings. The van der Waals surface area contributed by atoms with Gasteiger partial charge in [-0.25, -0.2) is 0 Å². The van der Waals surface area contributed by atoms with Gasteiger partial charge in [-0.2, -0.15) is 0 Å². The third-order valence-electron chi connectivity index (χ3n) is 2.61. The predicted molar refractivity (Wildman–Crippen MR) is 83.0 cm³/mol. The van der Waals surface area contributed by atoms with E-state index in [-0.39, 0.29) is 0 Å². The summed E-state index contributed by atoms with van der Waals surface area (Å²) in [6, 6.07) is 21.4. The Hall–Kier alpha value is -1.65. The fourth-order valence-corrected chi connectivity index (χ4v) is 3.65. The molecule has 0 nitrogen and oxygen atoms in total. The molecule has 0 atom stereocenters. The average Bonchev–Trinajstić information content (AvgIpc) is 2.46. The predicted octanol–water partition coefficient (Wildman–Crippen LogP) is 4.21. The maximum atomic E-state index is 2.31. The van der Waals surface area contributed by atoms with Crippen molar-refractivity contribution < 1.29 is 0 Å². The quantitative estimate of drug-likeness (QED) is 0.565. The van der Waals surface area contributed by atoms with Gasteiger partial charge in [0.2, 0.25) is 0 Å². The molecule has 0 spiro atoms. The van der Waals surface area contributed by atoms with E-state index in [1.807, 2.05) is 6.92 Å². The molecule has 90 valence electrons. The summed E-state index contributed by atoms with van der Waals surface area (Å²) in [4.78, 5) is 0. The first-order valence-electron chi connectivity index (χ1n) is 6.10. The van der Waals surface area contributed by atoms with E-state index in [1.54, 1.807) is 0 Å². The highest BCUT2D eigenvalue weighted by Gasteiger charge is 2.08. The molecule has 2 rings (SSSR count). The van der Waals surface area contributed by atoms with Crippen LogP contribution in [0.1, 0.15) is 6.92 Å². The van der Waals surface area contributed by atoms with E-state index < -0.39 is 7.92 Å². The Bertz CT molecular complexity index is 472. The molecule has 0 aliphatic rings. The van der Waals surface area contributed by atoms with E-state index >= 15 is 0 Å². The van der Waals surface area contributed by atoms with E-state index in [0.29, 0.717) is 0 Å². The maximum absolute atomic E-state index is 2.31. The lowest BCUT2D eigenvalue weighted by Gasteiger charge is -2.13. The topological polar surface area (TPSA) is 0 Å². The Balaban J connectivity index is 2.35. The Kier molecular flexibility index (Phi) is 4.93. The first-order chi connectivity index (χ1) is 8.92. The smallest absolute Gasteiger partial charge is 0.0157 e. The lowest BCUT2D eigenvalue weighted by Crippen LogP contribution is -2.09. The summed E-state index contributed by atoms with van der Waals surface area (Å²) >= 11 is 0. The molecular formula is C17H17P. The van der Waals surface area contributed by atoms with Crippen molar-refractivity contribution in [3.8, 4) is 0 Å². The first-order valence-corrected chi connectivity index (χ1v) is 7.51. The number of benzene rings is 2. The second-order valence-electron chi connectivity index (χ2n) is 3.91. The zero-order valence-corrected chi connectivity index (χ0v) is 11.4. The number of allylic oxidation sites excluding steroid dienone is 3. The number of hydrogen-bond donors (Lipinski definition) is 0. The van der Waals surface area contributed by atoms with Crippen LogP contribution in [0.3, 0.4) is 0 Å². The third-order valence-corrected chi connectivity index (χ3v) is 4.79. The average molecular weight is 252 g/mol. The van der Waals surface area contributed by atoms with Gasteiger partial charge >= 0.3 is 0 Å². The van der Waals surface area contributed by atoms with Gasteiger partial charge < -0.3 is 0 Å². The fraction of sp³-hybridized carbons (Fsp3) is 0.0588. The highest BCUT2D eigenvalue weighted by Crippen LogP contribution is 2.34. The van der Waals surface area contributed by atoms with Gasteiger partial charge in [0.1, 0.15) is 0 Å². The van der Waals surface area contributed by atoms with Crippen LogP contribution >= 0.6 is 7.92 Å². The summed E-state index contributed by atoms with van der Waals surface area (Å²) in [5, 5.41) is 2.78. The minimum atomic E-state index is -0.394. The Morgan fingerprint density at radius 2 is 1.22 bits per heavy atom. The molecule has 0 unspecified atom stereocenters. The molecule has 0 amide bonds. The normalized spacial score (nSPS) is 11.7. The van der Waals surface area contributed by atoms with Crippen LogP contribution in [-0.2, 0) is 0 Å². The molecular weight excluding hydrogens is 235 g/mol. The van der Waals surface area contributed by atoms with E-state index in [4.69, 9.17) is 0 Å². The van der Waals surface area contributed by atoms with Crippen LogP contribution in [0.4, 0.5) is 0 Å². The van der Waals surface area contributed by atoms with E-state index in [2.05, 4.69) is 84.7 Å². The van der Waals surface area contributed by atoms with E-state index in [9.17, 15) is 0 Å².